The third-order valence-electron chi connectivity index (χ3n) is 2.94. The topological polar surface area (TPSA) is 65.6 Å². The number of anilines is 1. The first-order valence-electron chi connectivity index (χ1n) is 5.70. The van der Waals surface area contributed by atoms with Crippen LogP contribution in [0.25, 0.3) is 11.2 Å². The van der Waals surface area contributed by atoms with Crippen molar-refractivity contribution in [3.63, 3.8) is 0 Å². The molecule has 5 heteroatoms. The minimum atomic E-state index is 0.516. The van der Waals surface area contributed by atoms with E-state index in [1.807, 2.05) is 12.1 Å². The molecular formula is C11H15N5. The zero-order valence-electron chi connectivity index (χ0n) is 9.03. The van der Waals surface area contributed by atoms with Gasteiger partial charge in [0.05, 0.1) is 0 Å². The molecule has 0 aliphatic carbocycles. The molecule has 1 saturated heterocycles. The van der Waals surface area contributed by atoms with Crippen LogP contribution in [0.4, 0.5) is 5.95 Å². The summed E-state index contributed by atoms with van der Waals surface area (Å²) in [7, 11) is 0. The highest BCUT2D eigenvalue weighted by molar-refractivity contribution is 5.72. The molecule has 0 bridgehead atoms. The molecule has 3 rings (SSSR count). The van der Waals surface area contributed by atoms with Gasteiger partial charge in [-0.2, -0.15) is 0 Å². The Balaban J connectivity index is 1.78. The first-order valence-corrected chi connectivity index (χ1v) is 5.70. The van der Waals surface area contributed by atoms with Gasteiger partial charge in [0, 0.05) is 12.2 Å². The van der Waals surface area contributed by atoms with Gasteiger partial charge in [-0.3, -0.25) is 0 Å². The lowest BCUT2D eigenvalue weighted by molar-refractivity contribution is 0.477. The van der Waals surface area contributed by atoms with E-state index in [1.165, 1.54) is 0 Å². The van der Waals surface area contributed by atoms with Crippen molar-refractivity contribution in [3.8, 4) is 0 Å². The molecular weight excluding hydrogens is 202 g/mol. The molecule has 0 radical (unpaired) electrons. The number of H-pyrrole nitrogens is 1. The lowest BCUT2D eigenvalue weighted by atomic mass is 10.1. The number of nitrogens with zero attached hydrogens (tertiary/aromatic N) is 2. The molecule has 84 valence electrons. The summed E-state index contributed by atoms with van der Waals surface area (Å²) in [4.78, 5) is 11.9. The first kappa shape index (κ1) is 9.59. The molecule has 16 heavy (non-hydrogen) atoms. The molecule has 3 N–H and O–H groups in total. The second-order valence-electron chi connectivity index (χ2n) is 4.13. The second-order valence-corrected chi connectivity index (χ2v) is 4.13. The highest BCUT2D eigenvalue weighted by Crippen LogP contribution is 2.14. The van der Waals surface area contributed by atoms with Crippen LogP contribution in [0.2, 0.25) is 0 Å². The van der Waals surface area contributed by atoms with Gasteiger partial charge < -0.3 is 15.6 Å². The Kier molecular flexibility index (Phi) is 2.46. The Hall–Kier alpha value is -1.62. The highest BCUT2D eigenvalue weighted by Gasteiger charge is 2.14. The minimum Gasteiger partial charge on any atom is -0.353 e. The van der Waals surface area contributed by atoms with Crippen molar-refractivity contribution in [1.82, 2.24) is 20.3 Å². The van der Waals surface area contributed by atoms with E-state index in [2.05, 4.69) is 25.6 Å². The number of rotatable bonds is 2. The maximum atomic E-state index is 4.46. The van der Waals surface area contributed by atoms with Gasteiger partial charge in [-0.15, -0.1) is 0 Å². The fraction of sp³-hybridized carbons (Fsp3) is 0.455. The average molecular weight is 217 g/mol. The molecule has 0 aromatic carbocycles. The van der Waals surface area contributed by atoms with E-state index in [-0.39, 0.29) is 0 Å². The zero-order chi connectivity index (χ0) is 10.8. The molecule has 0 unspecified atom stereocenters. The van der Waals surface area contributed by atoms with Crippen LogP contribution in [0.1, 0.15) is 12.8 Å². The van der Waals surface area contributed by atoms with Gasteiger partial charge in [0.1, 0.15) is 5.52 Å². The zero-order valence-corrected chi connectivity index (χ0v) is 9.03. The van der Waals surface area contributed by atoms with E-state index in [0.717, 1.165) is 43.0 Å². The maximum Gasteiger partial charge on any atom is 0.202 e. The molecule has 3 heterocycles. The molecule has 1 aliphatic heterocycles. The fourth-order valence-corrected chi connectivity index (χ4v) is 2.07. The monoisotopic (exact) mass is 217 g/mol. The van der Waals surface area contributed by atoms with Gasteiger partial charge in [-0.25, -0.2) is 9.97 Å². The highest BCUT2D eigenvalue weighted by atomic mass is 15.2. The summed E-state index contributed by atoms with van der Waals surface area (Å²) in [6.45, 7) is 2.16. The van der Waals surface area contributed by atoms with Gasteiger partial charge >= 0.3 is 0 Å². The molecule has 0 saturated carbocycles. The molecule has 1 fully saturated rings. The third kappa shape index (κ3) is 1.86. The molecule has 0 spiro atoms. The van der Waals surface area contributed by atoms with Crippen LogP contribution in [-0.2, 0) is 0 Å². The largest absolute Gasteiger partial charge is 0.353 e. The Morgan fingerprint density at radius 2 is 2.19 bits per heavy atom. The van der Waals surface area contributed by atoms with Crippen LogP contribution >= 0.6 is 0 Å². The number of piperidine rings is 1. The van der Waals surface area contributed by atoms with Gasteiger partial charge in [-0.1, -0.05) is 0 Å². The summed E-state index contributed by atoms with van der Waals surface area (Å²) >= 11 is 0. The van der Waals surface area contributed by atoms with Gasteiger partial charge in [0.2, 0.25) is 5.95 Å². The van der Waals surface area contributed by atoms with Crippen LogP contribution in [0, 0.1) is 0 Å². The van der Waals surface area contributed by atoms with Crippen molar-refractivity contribution in [2.75, 3.05) is 18.4 Å². The number of pyridine rings is 1. The number of fused-ring (bicyclic) bond motifs is 1. The van der Waals surface area contributed by atoms with Crippen LogP contribution in [-0.4, -0.2) is 34.1 Å². The predicted octanol–water partition coefficient (Wildman–Crippen LogP) is 1.12. The smallest absolute Gasteiger partial charge is 0.202 e. The summed E-state index contributed by atoms with van der Waals surface area (Å²) < 4.78 is 0. The van der Waals surface area contributed by atoms with Gasteiger partial charge in [-0.05, 0) is 38.1 Å². The summed E-state index contributed by atoms with van der Waals surface area (Å²) in [5, 5.41) is 6.77. The minimum absolute atomic E-state index is 0.516. The van der Waals surface area contributed by atoms with Crippen LogP contribution < -0.4 is 10.6 Å². The summed E-state index contributed by atoms with van der Waals surface area (Å²) in [6.07, 6.45) is 4.06. The normalized spacial score (nSPS) is 17.8. The van der Waals surface area contributed by atoms with Crippen LogP contribution in [0.5, 0.6) is 0 Å². The Morgan fingerprint density at radius 3 is 3.00 bits per heavy atom. The summed E-state index contributed by atoms with van der Waals surface area (Å²) in [5.74, 6) is 0.834. The number of hydrogen-bond acceptors (Lipinski definition) is 4. The van der Waals surface area contributed by atoms with Crippen LogP contribution in [0.3, 0.4) is 0 Å². The van der Waals surface area contributed by atoms with Crippen LogP contribution in [0.15, 0.2) is 18.3 Å². The number of imidazole rings is 1. The lowest BCUT2D eigenvalue weighted by Gasteiger charge is -2.23. The van der Waals surface area contributed by atoms with Gasteiger partial charge in [0.25, 0.3) is 0 Å². The molecule has 0 atom stereocenters. The van der Waals surface area contributed by atoms with E-state index < -0.39 is 0 Å². The molecule has 5 nitrogen and oxygen atoms in total. The number of aromatic nitrogens is 3. The van der Waals surface area contributed by atoms with E-state index in [4.69, 9.17) is 0 Å². The summed E-state index contributed by atoms with van der Waals surface area (Å²) in [5.41, 5.74) is 1.76. The number of aromatic amines is 1. The van der Waals surface area contributed by atoms with E-state index in [1.54, 1.807) is 6.20 Å². The number of nitrogens with one attached hydrogen (secondary N) is 3. The number of hydrogen-bond donors (Lipinski definition) is 3. The van der Waals surface area contributed by atoms with Crippen molar-refractivity contribution in [2.24, 2.45) is 0 Å². The molecule has 2 aromatic rings. The molecule has 1 aliphatic rings. The van der Waals surface area contributed by atoms with Crippen molar-refractivity contribution in [1.29, 1.82) is 0 Å². The predicted molar refractivity (Wildman–Crippen MR) is 63.4 cm³/mol. The van der Waals surface area contributed by atoms with E-state index in [9.17, 15) is 0 Å². The molecule has 0 amide bonds. The van der Waals surface area contributed by atoms with Crippen molar-refractivity contribution in [3.05, 3.63) is 18.3 Å². The Morgan fingerprint density at radius 1 is 1.31 bits per heavy atom. The average Bonchev–Trinajstić information content (AvgIpc) is 2.72. The Labute approximate surface area is 93.7 Å². The lowest BCUT2D eigenvalue weighted by Crippen LogP contribution is -2.35. The second kappa shape index (κ2) is 4.09. The SMILES string of the molecule is c1cnc2[nH]c(NC3CCNCC3)nc2c1. The Bertz CT molecular complexity index is 439. The van der Waals surface area contributed by atoms with Crippen molar-refractivity contribution in [2.45, 2.75) is 18.9 Å². The third-order valence-corrected chi connectivity index (χ3v) is 2.94. The quantitative estimate of drug-likeness (QED) is 0.705. The van der Waals surface area contributed by atoms with Gasteiger partial charge in [0.15, 0.2) is 5.65 Å². The molecule has 2 aromatic heterocycles. The fourth-order valence-electron chi connectivity index (χ4n) is 2.07. The van der Waals surface area contributed by atoms with Crippen molar-refractivity contribution < 1.29 is 0 Å². The van der Waals surface area contributed by atoms with E-state index >= 15 is 0 Å². The van der Waals surface area contributed by atoms with E-state index in [0.29, 0.717) is 6.04 Å². The maximum absolute atomic E-state index is 4.46. The van der Waals surface area contributed by atoms with Crippen molar-refractivity contribution >= 4 is 17.1 Å². The first-order chi connectivity index (χ1) is 7.92. The summed E-state index contributed by atoms with van der Waals surface area (Å²) in [6, 6.07) is 4.38. The standard InChI is InChI=1S/C11H15N5/c1-2-9-10(13-5-1)16-11(15-9)14-8-3-6-12-7-4-8/h1-2,5,8,12H,3-4,6-7H2,(H2,13,14,15,16).